The minimum Gasteiger partial charge on any atom is -0.274 e. The first-order valence-electron chi connectivity index (χ1n) is 2.33. The van der Waals surface area contributed by atoms with Crippen molar-refractivity contribution in [3.05, 3.63) is 36.4 Å². The lowest BCUT2D eigenvalue weighted by Gasteiger charge is -1.69. The van der Waals surface area contributed by atoms with E-state index in [2.05, 4.69) is 11.7 Å². The zero-order chi connectivity index (χ0) is 6.24. The summed E-state index contributed by atoms with van der Waals surface area (Å²) in [6, 6.07) is 12.0. The molecule has 0 atom stereocenters. The highest BCUT2D eigenvalue weighted by atomic mass is 15.0. The highest BCUT2D eigenvalue weighted by Crippen LogP contribution is 1.79. The number of rotatable bonds is 0. The normalized spacial score (nSPS) is 6.75. The van der Waals surface area contributed by atoms with Gasteiger partial charge in [0.05, 0.1) is 0 Å². The maximum absolute atomic E-state index is 4.00. The second kappa shape index (κ2) is 6.14. The second-order valence-corrected chi connectivity index (χ2v) is 1.15. The minimum atomic E-state index is 2.00. The van der Waals surface area contributed by atoms with Gasteiger partial charge in [0.15, 0.2) is 0 Å². The molecular weight excluding hydrogens is 100 g/mol. The van der Waals surface area contributed by atoms with E-state index in [9.17, 15) is 0 Å². The Morgan fingerprint density at radius 1 is 0.500 bits per heavy atom. The lowest BCUT2D eigenvalue weighted by molar-refractivity contribution is 1.26. The van der Waals surface area contributed by atoms with Gasteiger partial charge in [-0.3, -0.25) is 11.7 Å². The first kappa shape index (κ1) is 7.14. The summed E-state index contributed by atoms with van der Waals surface area (Å²) in [6.45, 7) is 0. The van der Waals surface area contributed by atoms with Crippen LogP contribution in [0.5, 0.6) is 0 Å². The lowest BCUT2D eigenvalue weighted by Crippen LogP contribution is -2.02. The smallest absolute Gasteiger partial charge is 0.0623 e. The number of hydrogen-bond acceptors (Lipinski definition) is 2. The predicted octanol–water partition coefficient (Wildman–Crippen LogP) is 0.505. The number of benzene rings is 1. The Morgan fingerprint density at radius 3 is 0.750 bits per heavy atom. The van der Waals surface area contributed by atoms with Crippen LogP contribution in [-0.2, 0) is 0 Å². The third-order valence-electron chi connectivity index (χ3n) is 0.667. The Labute approximate surface area is 49.1 Å². The minimum absolute atomic E-state index is 2.00. The maximum atomic E-state index is 4.00. The number of nitrogens with two attached hydrogens (primary N) is 2. The first-order chi connectivity index (χ1) is 4.00. The Hall–Kier alpha value is -0.860. The zero-order valence-electron chi connectivity index (χ0n) is 4.62. The molecule has 2 heteroatoms. The van der Waals surface area contributed by atoms with Crippen LogP contribution in [0.4, 0.5) is 0 Å². The summed E-state index contributed by atoms with van der Waals surface area (Å²) in [5, 5.41) is 0. The standard InChI is InChI=1S/C6H6.H4N2/c1-2-4-6-5-3-1;1-2/h1-6H;1-2H2. The van der Waals surface area contributed by atoms with Crippen molar-refractivity contribution in [2.75, 3.05) is 0 Å². The quantitative estimate of drug-likeness (QED) is 0.377. The molecule has 0 spiro atoms. The van der Waals surface area contributed by atoms with Gasteiger partial charge in [0.1, 0.15) is 0 Å². The van der Waals surface area contributed by atoms with E-state index < -0.39 is 0 Å². The number of hydrazine groups is 1. The largest absolute Gasteiger partial charge is 0.274 e. The van der Waals surface area contributed by atoms with E-state index >= 15 is 0 Å². The summed E-state index contributed by atoms with van der Waals surface area (Å²) >= 11 is 0. The summed E-state index contributed by atoms with van der Waals surface area (Å²) in [7, 11) is 0. The van der Waals surface area contributed by atoms with Crippen LogP contribution >= 0.6 is 0 Å². The van der Waals surface area contributed by atoms with Crippen LogP contribution in [0.3, 0.4) is 0 Å². The predicted molar refractivity (Wildman–Crippen MR) is 34.8 cm³/mol. The molecule has 0 bridgehead atoms. The molecule has 0 aliphatic heterocycles. The molecule has 1 aromatic rings. The highest BCUT2D eigenvalue weighted by Gasteiger charge is 1.57. The van der Waals surface area contributed by atoms with E-state index in [1.54, 1.807) is 0 Å². The van der Waals surface area contributed by atoms with Crippen molar-refractivity contribution in [2.24, 2.45) is 11.7 Å². The van der Waals surface area contributed by atoms with Crippen molar-refractivity contribution in [1.82, 2.24) is 0 Å². The second-order valence-electron chi connectivity index (χ2n) is 1.15. The SMILES string of the molecule is NN.c1ccccc1. The van der Waals surface area contributed by atoms with Crippen LogP contribution < -0.4 is 11.7 Å². The molecule has 1 aromatic carbocycles. The Morgan fingerprint density at radius 2 is 0.625 bits per heavy atom. The molecule has 4 N–H and O–H groups in total. The molecule has 0 radical (unpaired) electrons. The van der Waals surface area contributed by atoms with Gasteiger partial charge in [-0.05, 0) is 0 Å². The van der Waals surface area contributed by atoms with Gasteiger partial charge in [-0.1, -0.05) is 36.4 Å². The Bertz CT molecular complexity index is 78.5. The summed E-state index contributed by atoms with van der Waals surface area (Å²) in [5.74, 6) is 8.00. The molecule has 8 heavy (non-hydrogen) atoms. The molecule has 0 saturated carbocycles. The Balaban J connectivity index is 0.000000222. The van der Waals surface area contributed by atoms with Crippen LogP contribution in [0.25, 0.3) is 0 Å². The summed E-state index contributed by atoms with van der Waals surface area (Å²) in [6.07, 6.45) is 0. The van der Waals surface area contributed by atoms with E-state index in [-0.39, 0.29) is 0 Å². The molecule has 0 heterocycles. The fourth-order valence-corrected chi connectivity index (χ4v) is 0.385. The van der Waals surface area contributed by atoms with Crippen molar-refractivity contribution in [1.29, 1.82) is 0 Å². The average Bonchev–Trinajstić information content (AvgIpc) is 1.96. The topological polar surface area (TPSA) is 52.0 Å². The van der Waals surface area contributed by atoms with Crippen LogP contribution in [0.1, 0.15) is 0 Å². The molecule has 0 fully saturated rings. The van der Waals surface area contributed by atoms with Gasteiger partial charge < -0.3 is 0 Å². The van der Waals surface area contributed by atoms with E-state index in [0.29, 0.717) is 0 Å². The van der Waals surface area contributed by atoms with E-state index in [4.69, 9.17) is 0 Å². The van der Waals surface area contributed by atoms with Crippen LogP contribution in [0.15, 0.2) is 36.4 Å². The molecule has 44 valence electrons. The summed E-state index contributed by atoms with van der Waals surface area (Å²) < 4.78 is 0. The van der Waals surface area contributed by atoms with Gasteiger partial charge in [-0.15, -0.1) is 0 Å². The van der Waals surface area contributed by atoms with Crippen LogP contribution in [0.2, 0.25) is 0 Å². The maximum Gasteiger partial charge on any atom is -0.0623 e. The van der Waals surface area contributed by atoms with E-state index in [0.717, 1.165) is 0 Å². The van der Waals surface area contributed by atoms with Crippen molar-refractivity contribution < 1.29 is 0 Å². The van der Waals surface area contributed by atoms with Gasteiger partial charge in [-0.25, -0.2) is 0 Å². The zero-order valence-corrected chi connectivity index (χ0v) is 4.62. The first-order valence-corrected chi connectivity index (χ1v) is 2.33. The van der Waals surface area contributed by atoms with Gasteiger partial charge in [-0.2, -0.15) is 0 Å². The molecule has 0 aliphatic rings. The molecule has 0 saturated heterocycles. The summed E-state index contributed by atoms with van der Waals surface area (Å²) in [4.78, 5) is 0. The van der Waals surface area contributed by atoms with Crippen molar-refractivity contribution in [3.63, 3.8) is 0 Å². The molecule has 0 aliphatic carbocycles. The van der Waals surface area contributed by atoms with Crippen molar-refractivity contribution in [3.8, 4) is 0 Å². The van der Waals surface area contributed by atoms with Crippen molar-refractivity contribution in [2.45, 2.75) is 0 Å². The van der Waals surface area contributed by atoms with Gasteiger partial charge >= 0.3 is 0 Å². The number of hydrogen-bond donors (Lipinski definition) is 2. The molecular formula is C6H10N2. The third kappa shape index (κ3) is 3.33. The molecule has 0 unspecified atom stereocenters. The molecule has 0 aromatic heterocycles. The molecule has 1 rings (SSSR count). The fraction of sp³-hybridized carbons (Fsp3) is 0. The fourth-order valence-electron chi connectivity index (χ4n) is 0.385. The lowest BCUT2D eigenvalue weighted by atomic mass is 10.4. The van der Waals surface area contributed by atoms with E-state index in [1.165, 1.54) is 0 Å². The van der Waals surface area contributed by atoms with Gasteiger partial charge in [0, 0.05) is 0 Å². The molecule has 0 amide bonds. The molecule has 2 nitrogen and oxygen atoms in total. The monoisotopic (exact) mass is 110 g/mol. The highest BCUT2D eigenvalue weighted by molar-refractivity contribution is 4.99. The van der Waals surface area contributed by atoms with E-state index in [1.807, 2.05) is 36.4 Å². The Kier molecular flexibility index (Phi) is 5.48. The van der Waals surface area contributed by atoms with Crippen molar-refractivity contribution >= 4 is 0 Å². The average molecular weight is 110 g/mol. The summed E-state index contributed by atoms with van der Waals surface area (Å²) in [5.41, 5.74) is 0. The van der Waals surface area contributed by atoms with Gasteiger partial charge in [0.25, 0.3) is 0 Å². The van der Waals surface area contributed by atoms with Crippen LogP contribution in [-0.4, -0.2) is 0 Å². The van der Waals surface area contributed by atoms with Gasteiger partial charge in [0.2, 0.25) is 0 Å². The third-order valence-corrected chi connectivity index (χ3v) is 0.667. The van der Waals surface area contributed by atoms with Crippen LogP contribution in [0, 0.1) is 0 Å².